The van der Waals surface area contributed by atoms with Crippen molar-refractivity contribution in [3.8, 4) is 5.75 Å². The second-order valence-corrected chi connectivity index (χ2v) is 6.39. The lowest BCUT2D eigenvalue weighted by molar-refractivity contribution is 0.242. The van der Waals surface area contributed by atoms with Crippen LogP contribution < -0.4 is 15.4 Å². The normalized spacial score (nSPS) is 16.5. The fraction of sp³-hybridized carbons (Fsp3) is 0.471. The summed E-state index contributed by atoms with van der Waals surface area (Å²) < 4.78 is 7.60. The summed E-state index contributed by atoms with van der Waals surface area (Å²) in [6.07, 6.45) is 3.23. The number of urea groups is 1. The third-order valence-electron chi connectivity index (χ3n) is 3.85. The number of hydrogen-bond donors (Lipinski definition) is 2. The monoisotopic (exact) mass is 329 g/mol. The van der Waals surface area contributed by atoms with E-state index in [0.29, 0.717) is 30.5 Å². The number of hydrogen-bond acceptors (Lipinski definition) is 4. The minimum absolute atomic E-state index is 0.0444. The fourth-order valence-corrected chi connectivity index (χ4v) is 2.65. The maximum Gasteiger partial charge on any atom is 0.319 e. The van der Waals surface area contributed by atoms with Crippen molar-refractivity contribution in [1.82, 2.24) is 20.1 Å². The maximum absolute atomic E-state index is 12.3. The summed E-state index contributed by atoms with van der Waals surface area (Å²) in [5, 5.41) is 10.0. The standard InChI is InChI=1S/C17H23N5O2/c1-12(2)10-24-15-6-4-3-5-14(15)21-17(23)20-13-7-8-16-18-11-19-22(16)9-13/h3-6,11-13H,7-10H2,1-2H3,(H2,20,21,23)/t13-/m0/s1. The van der Waals surface area contributed by atoms with Gasteiger partial charge in [-0.25, -0.2) is 14.5 Å². The Morgan fingerprint density at radius 1 is 1.42 bits per heavy atom. The lowest BCUT2D eigenvalue weighted by Gasteiger charge is -2.24. The molecule has 7 nitrogen and oxygen atoms in total. The van der Waals surface area contributed by atoms with Crippen LogP contribution in [-0.4, -0.2) is 33.4 Å². The lowest BCUT2D eigenvalue weighted by Crippen LogP contribution is -2.43. The Labute approximate surface area is 141 Å². The van der Waals surface area contributed by atoms with E-state index in [1.807, 2.05) is 28.9 Å². The number of nitrogens with one attached hydrogen (secondary N) is 2. The average Bonchev–Trinajstić information content (AvgIpc) is 3.01. The zero-order valence-corrected chi connectivity index (χ0v) is 14.0. The van der Waals surface area contributed by atoms with Gasteiger partial charge in [-0.2, -0.15) is 5.10 Å². The van der Waals surface area contributed by atoms with Gasteiger partial charge in [0.1, 0.15) is 17.9 Å². The first-order chi connectivity index (χ1) is 11.6. The predicted octanol–water partition coefficient (Wildman–Crippen LogP) is 2.45. The molecule has 24 heavy (non-hydrogen) atoms. The number of fused-ring (bicyclic) bond motifs is 1. The molecule has 7 heteroatoms. The van der Waals surface area contributed by atoms with Gasteiger partial charge in [0.05, 0.1) is 24.9 Å². The molecule has 2 amide bonds. The van der Waals surface area contributed by atoms with Crippen LogP contribution in [0.15, 0.2) is 30.6 Å². The molecule has 1 atom stereocenters. The Balaban J connectivity index is 1.57. The molecule has 2 aromatic rings. The Kier molecular flexibility index (Phi) is 4.98. The average molecular weight is 329 g/mol. The van der Waals surface area contributed by atoms with Gasteiger partial charge in [0, 0.05) is 6.42 Å². The highest BCUT2D eigenvalue weighted by Gasteiger charge is 2.21. The lowest BCUT2D eigenvalue weighted by atomic mass is 10.1. The number of carbonyl (C=O) groups is 1. The number of aromatic nitrogens is 3. The molecule has 0 spiro atoms. The third kappa shape index (κ3) is 4.04. The van der Waals surface area contributed by atoms with Gasteiger partial charge in [0.15, 0.2) is 0 Å². The van der Waals surface area contributed by atoms with Crippen molar-refractivity contribution < 1.29 is 9.53 Å². The van der Waals surface area contributed by atoms with E-state index in [0.717, 1.165) is 18.7 Å². The zero-order valence-electron chi connectivity index (χ0n) is 14.0. The Hall–Kier alpha value is -2.57. The van der Waals surface area contributed by atoms with Crippen molar-refractivity contribution in [2.75, 3.05) is 11.9 Å². The molecule has 3 rings (SSSR count). The van der Waals surface area contributed by atoms with Gasteiger partial charge in [-0.3, -0.25) is 0 Å². The van der Waals surface area contributed by atoms with E-state index in [9.17, 15) is 4.79 Å². The number of para-hydroxylation sites is 2. The SMILES string of the molecule is CC(C)COc1ccccc1NC(=O)N[C@H]1CCc2ncnn2C1. The van der Waals surface area contributed by atoms with E-state index in [1.165, 1.54) is 0 Å². The molecular formula is C17H23N5O2. The van der Waals surface area contributed by atoms with Gasteiger partial charge in [-0.1, -0.05) is 26.0 Å². The van der Waals surface area contributed by atoms with E-state index < -0.39 is 0 Å². The molecular weight excluding hydrogens is 306 g/mol. The van der Waals surface area contributed by atoms with Gasteiger partial charge in [-0.05, 0) is 24.5 Å². The van der Waals surface area contributed by atoms with Crippen LogP contribution in [0.1, 0.15) is 26.1 Å². The van der Waals surface area contributed by atoms with E-state index in [4.69, 9.17) is 4.74 Å². The Morgan fingerprint density at radius 3 is 3.08 bits per heavy atom. The van der Waals surface area contributed by atoms with Crippen molar-refractivity contribution >= 4 is 11.7 Å². The van der Waals surface area contributed by atoms with Crippen molar-refractivity contribution in [3.63, 3.8) is 0 Å². The van der Waals surface area contributed by atoms with Crippen LogP contribution in [0, 0.1) is 5.92 Å². The Morgan fingerprint density at radius 2 is 2.25 bits per heavy atom. The summed E-state index contributed by atoms with van der Waals surface area (Å²) in [6.45, 7) is 5.43. The summed E-state index contributed by atoms with van der Waals surface area (Å²) in [4.78, 5) is 16.5. The zero-order chi connectivity index (χ0) is 16.9. The van der Waals surface area contributed by atoms with Crippen LogP contribution in [0.4, 0.5) is 10.5 Å². The molecule has 2 heterocycles. The predicted molar refractivity (Wildman–Crippen MR) is 91.1 cm³/mol. The number of anilines is 1. The highest BCUT2D eigenvalue weighted by Crippen LogP contribution is 2.24. The third-order valence-corrected chi connectivity index (χ3v) is 3.85. The molecule has 128 valence electrons. The van der Waals surface area contributed by atoms with Crippen LogP contribution in [0.5, 0.6) is 5.75 Å². The van der Waals surface area contributed by atoms with E-state index >= 15 is 0 Å². The highest BCUT2D eigenvalue weighted by atomic mass is 16.5. The molecule has 0 bridgehead atoms. The highest BCUT2D eigenvalue weighted by molar-refractivity contribution is 5.91. The van der Waals surface area contributed by atoms with Crippen LogP contribution in [0.3, 0.4) is 0 Å². The van der Waals surface area contributed by atoms with Crippen LogP contribution in [-0.2, 0) is 13.0 Å². The van der Waals surface area contributed by atoms with Gasteiger partial charge < -0.3 is 15.4 Å². The number of aryl methyl sites for hydroxylation is 1. The largest absolute Gasteiger partial charge is 0.491 e. The minimum atomic E-state index is -0.232. The van der Waals surface area contributed by atoms with Gasteiger partial charge in [0.25, 0.3) is 0 Å². The minimum Gasteiger partial charge on any atom is -0.491 e. The first-order valence-electron chi connectivity index (χ1n) is 8.28. The van der Waals surface area contributed by atoms with Crippen LogP contribution >= 0.6 is 0 Å². The number of carbonyl (C=O) groups excluding carboxylic acids is 1. The van der Waals surface area contributed by atoms with Crippen molar-refractivity contribution in [2.24, 2.45) is 5.92 Å². The second kappa shape index (κ2) is 7.33. The molecule has 2 N–H and O–H groups in total. The van der Waals surface area contributed by atoms with Gasteiger partial charge in [-0.15, -0.1) is 0 Å². The molecule has 0 aliphatic carbocycles. The summed E-state index contributed by atoms with van der Waals surface area (Å²) in [5.74, 6) is 2.08. The molecule has 1 aliphatic heterocycles. The summed E-state index contributed by atoms with van der Waals surface area (Å²) >= 11 is 0. The number of benzene rings is 1. The molecule has 0 saturated carbocycles. The molecule has 0 radical (unpaired) electrons. The molecule has 0 unspecified atom stereocenters. The number of nitrogens with zero attached hydrogens (tertiary/aromatic N) is 3. The van der Waals surface area contributed by atoms with Gasteiger partial charge >= 0.3 is 6.03 Å². The molecule has 1 aromatic heterocycles. The number of amides is 2. The Bertz CT molecular complexity index is 698. The van der Waals surface area contributed by atoms with E-state index in [2.05, 4.69) is 34.6 Å². The number of ether oxygens (including phenoxy) is 1. The molecule has 1 aromatic carbocycles. The van der Waals surface area contributed by atoms with Crippen molar-refractivity contribution in [1.29, 1.82) is 0 Å². The number of rotatable bonds is 5. The first-order valence-corrected chi connectivity index (χ1v) is 8.28. The summed E-state index contributed by atoms with van der Waals surface area (Å²) in [5.41, 5.74) is 0.674. The molecule has 1 aliphatic rings. The second-order valence-electron chi connectivity index (χ2n) is 6.39. The first kappa shape index (κ1) is 16.3. The summed E-state index contributed by atoms with van der Waals surface area (Å²) in [7, 11) is 0. The fourth-order valence-electron chi connectivity index (χ4n) is 2.65. The van der Waals surface area contributed by atoms with Crippen molar-refractivity contribution in [2.45, 2.75) is 39.3 Å². The molecule has 0 fully saturated rings. The molecule has 0 saturated heterocycles. The van der Waals surface area contributed by atoms with Gasteiger partial charge in [0.2, 0.25) is 0 Å². The quantitative estimate of drug-likeness (QED) is 0.883. The van der Waals surface area contributed by atoms with Crippen molar-refractivity contribution in [3.05, 3.63) is 36.4 Å². The van der Waals surface area contributed by atoms with E-state index in [1.54, 1.807) is 6.33 Å². The van der Waals surface area contributed by atoms with Crippen LogP contribution in [0.25, 0.3) is 0 Å². The maximum atomic E-state index is 12.3. The van der Waals surface area contributed by atoms with E-state index in [-0.39, 0.29) is 12.1 Å². The smallest absolute Gasteiger partial charge is 0.319 e. The summed E-state index contributed by atoms with van der Waals surface area (Å²) in [6, 6.07) is 7.28. The van der Waals surface area contributed by atoms with Crippen LogP contribution in [0.2, 0.25) is 0 Å². The topological polar surface area (TPSA) is 81.1 Å².